The summed E-state index contributed by atoms with van der Waals surface area (Å²) in [7, 11) is -1.91. The summed E-state index contributed by atoms with van der Waals surface area (Å²) in [4.78, 5) is 0. The van der Waals surface area contributed by atoms with Crippen molar-refractivity contribution in [3.05, 3.63) is 0 Å². The van der Waals surface area contributed by atoms with E-state index in [-0.39, 0.29) is 0 Å². The quantitative estimate of drug-likeness (QED) is 0.523. The lowest BCUT2D eigenvalue weighted by molar-refractivity contribution is 0.365. The zero-order chi connectivity index (χ0) is 5.70. The maximum absolute atomic E-state index is 9.87. The normalized spacial score (nSPS) is 11.4. The second kappa shape index (κ2) is 4.98. The van der Waals surface area contributed by atoms with Gasteiger partial charge in [0, 0.05) is 5.33 Å². The van der Waals surface area contributed by atoms with Gasteiger partial charge in [-0.05, 0) is 4.57 Å². The molecule has 0 saturated heterocycles. The molecule has 0 radical (unpaired) electrons. The van der Waals surface area contributed by atoms with Crippen LogP contribution in [0, 0.1) is 0 Å². The topological polar surface area (TPSA) is 26.3 Å². The molecular weight excluding hydrogens is 202 g/mol. The van der Waals surface area contributed by atoms with E-state index in [1.54, 1.807) is 0 Å². The van der Waals surface area contributed by atoms with Gasteiger partial charge in [-0.15, -0.1) is 4.52 Å². The van der Waals surface area contributed by atoms with Gasteiger partial charge in [-0.2, -0.15) is 0 Å². The first kappa shape index (κ1) is 7.83. The molecule has 0 aliphatic carbocycles. The Morgan fingerprint density at radius 1 is 1.86 bits per heavy atom. The molecule has 0 aliphatic heterocycles. The van der Waals surface area contributed by atoms with Gasteiger partial charge in [0.15, 0.2) is 0 Å². The maximum Gasteiger partial charge on any atom is 0.633 e. The number of alkyl halides is 1. The first-order chi connectivity index (χ1) is 3.27. The molecule has 7 heavy (non-hydrogen) atoms. The maximum atomic E-state index is 9.87. The molecule has 0 heterocycles. The molecule has 0 aromatic carbocycles. The van der Waals surface area contributed by atoms with Gasteiger partial charge >= 0.3 is 7.38 Å². The van der Waals surface area contributed by atoms with Crippen LogP contribution in [0.3, 0.4) is 0 Å². The Hall–Kier alpha value is 0.830. The van der Waals surface area contributed by atoms with Crippen LogP contribution in [0.15, 0.2) is 0 Å². The van der Waals surface area contributed by atoms with Crippen LogP contribution < -0.4 is 0 Å². The minimum atomic E-state index is -1.91. The molecule has 2 nitrogen and oxygen atoms in total. The molecule has 0 spiro atoms. The molecule has 0 amide bonds. The summed E-state index contributed by atoms with van der Waals surface area (Å²) in [5, 5.41) is 0.667. The minimum Gasteiger partial charge on any atom is -0.130 e. The second-order valence-electron chi connectivity index (χ2n) is 0.735. The average molecular weight is 206 g/mol. The summed E-state index contributed by atoms with van der Waals surface area (Å²) in [6.45, 7) is 0.401. The SMILES string of the molecule is O=[P+](Cl)OCCBr. The van der Waals surface area contributed by atoms with E-state index in [9.17, 15) is 4.57 Å². The highest BCUT2D eigenvalue weighted by atomic mass is 79.9. The van der Waals surface area contributed by atoms with E-state index < -0.39 is 7.38 Å². The number of rotatable bonds is 3. The van der Waals surface area contributed by atoms with Crippen LogP contribution in [0.2, 0.25) is 0 Å². The van der Waals surface area contributed by atoms with Gasteiger partial charge in [0.2, 0.25) is 11.2 Å². The minimum absolute atomic E-state index is 0.401. The van der Waals surface area contributed by atoms with E-state index in [0.717, 1.165) is 0 Å². The Kier molecular flexibility index (Phi) is 5.57. The molecule has 0 aromatic rings. The fourth-order valence-corrected chi connectivity index (χ4v) is 0.960. The summed E-state index contributed by atoms with van der Waals surface area (Å²) >= 11 is 7.99. The smallest absolute Gasteiger partial charge is 0.130 e. The summed E-state index contributed by atoms with van der Waals surface area (Å²) in [6, 6.07) is 0. The van der Waals surface area contributed by atoms with Gasteiger partial charge < -0.3 is 0 Å². The molecule has 0 bridgehead atoms. The zero-order valence-electron chi connectivity index (χ0n) is 3.43. The van der Waals surface area contributed by atoms with Crippen molar-refractivity contribution in [1.29, 1.82) is 0 Å². The Bertz CT molecular complexity index is 68.7. The van der Waals surface area contributed by atoms with Crippen LogP contribution in [0.25, 0.3) is 0 Å². The summed E-state index contributed by atoms with van der Waals surface area (Å²) in [6.07, 6.45) is 0. The predicted octanol–water partition coefficient (Wildman–Crippen LogP) is 2.29. The summed E-state index contributed by atoms with van der Waals surface area (Å²) in [5.74, 6) is 0. The van der Waals surface area contributed by atoms with E-state index in [4.69, 9.17) is 11.2 Å². The van der Waals surface area contributed by atoms with Crippen LogP contribution in [-0.2, 0) is 9.09 Å². The first-order valence-corrected chi connectivity index (χ1v) is 4.79. The third-order valence-electron chi connectivity index (χ3n) is 0.270. The van der Waals surface area contributed by atoms with Gasteiger partial charge in [-0.1, -0.05) is 15.9 Å². The van der Waals surface area contributed by atoms with Crippen LogP contribution in [0.5, 0.6) is 0 Å². The number of halogens is 2. The Labute approximate surface area is 56.0 Å². The molecule has 42 valence electrons. The monoisotopic (exact) mass is 205 g/mol. The van der Waals surface area contributed by atoms with Crippen LogP contribution in [0.1, 0.15) is 0 Å². The Balaban J connectivity index is 2.82. The van der Waals surface area contributed by atoms with Crippen molar-refractivity contribution in [2.75, 3.05) is 11.9 Å². The highest BCUT2D eigenvalue weighted by molar-refractivity contribution is 9.09. The fourth-order valence-electron chi connectivity index (χ4n) is 0.106. The van der Waals surface area contributed by atoms with E-state index >= 15 is 0 Å². The largest absolute Gasteiger partial charge is 0.633 e. The summed E-state index contributed by atoms with van der Waals surface area (Å²) in [5.41, 5.74) is 0. The molecular formula is C2H4BrClO2P+. The molecule has 5 heteroatoms. The van der Waals surface area contributed by atoms with E-state index in [2.05, 4.69) is 20.5 Å². The van der Waals surface area contributed by atoms with Crippen molar-refractivity contribution in [2.24, 2.45) is 0 Å². The predicted molar refractivity (Wildman–Crippen MR) is 33.2 cm³/mol. The van der Waals surface area contributed by atoms with Crippen molar-refractivity contribution in [1.82, 2.24) is 0 Å². The van der Waals surface area contributed by atoms with Crippen LogP contribution in [0.4, 0.5) is 0 Å². The van der Waals surface area contributed by atoms with Crippen LogP contribution >= 0.6 is 34.6 Å². The van der Waals surface area contributed by atoms with Crippen molar-refractivity contribution in [3.63, 3.8) is 0 Å². The molecule has 0 saturated carbocycles. The van der Waals surface area contributed by atoms with Gasteiger partial charge in [-0.25, -0.2) is 0 Å². The lowest BCUT2D eigenvalue weighted by Crippen LogP contribution is -1.82. The highest BCUT2D eigenvalue weighted by Gasteiger charge is 2.09. The van der Waals surface area contributed by atoms with Crippen molar-refractivity contribution in [2.45, 2.75) is 0 Å². The van der Waals surface area contributed by atoms with Gasteiger partial charge in [0.05, 0.1) is 0 Å². The lowest BCUT2D eigenvalue weighted by atomic mass is 10.9. The fraction of sp³-hybridized carbons (Fsp3) is 1.00. The van der Waals surface area contributed by atoms with Gasteiger partial charge in [0.25, 0.3) is 0 Å². The molecule has 0 aromatic heterocycles. The highest BCUT2D eigenvalue weighted by Crippen LogP contribution is 2.26. The van der Waals surface area contributed by atoms with E-state index in [0.29, 0.717) is 11.9 Å². The van der Waals surface area contributed by atoms with E-state index in [1.807, 2.05) is 0 Å². The Morgan fingerprint density at radius 2 is 2.43 bits per heavy atom. The molecule has 0 N–H and O–H groups in total. The third kappa shape index (κ3) is 6.83. The average Bonchev–Trinajstić information content (AvgIpc) is 1.61. The molecule has 1 atom stereocenters. The zero-order valence-corrected chi connectivity index (χ0v) is 6.67. The standard InChI is InChI=1S/C2H4BrClO2P/c3-1-2-6-7(4)5/h1-2H2/q+1. The van der Waals surface area contributed by atoms with Crippen LogP contribution in [-0.4, -0.2) is 11.9 Å². The lowest BCUT2D eigenvalue weighted by Gasteiger charge is -1.75. The molecule has 0 fully saturated rings. The van der Waals surface area contributed by atoms with E-state index in [1.165, 1.54) is 0 Å². The van der Waals surface area contributed by atoms with Gasteiger partial charge in [-0.3, -0.25) is 0 Å². The summed E-state index contributed by atoms with van der Waals surface area (Å²) < 4.78 is 14.3. The van der Waals surface area contributed by atoms with Gasteiger partial charge in [0.1, 0.15) is 6.61 Å². The number of hydrogen-bond donors (Lipinski definition) is 0. The molecule has 0 rings (SSSR count). The van der Waals surface area contributed by atoms with Crippen molar-refractivity contribution in [3.8, 4) is 0 Å². The molecule has 0 aliphatic rings. The number of hydrogen-bond acceptors (Lipinski definition) is 2. The first-order valence-electron chi connectivity index (χ1n) is 1.59. The van der Waals surface area contributed by atoms with Crippen molar-refractivity contribution >= 4 is 34.6 Å². The second-order valence-corrected chi connectivity index (χ2v) is 3.04. The molecule has 1 unspecified atom stereocenters. The van der Waals surface area contributed by atoms with Crippen molar-refractivity contribution < 1.29 is 9.09 Å². The Morgan fingerprint density at radius 3 is 2.57 bits per heavy atom. The third-order valence-corrected chi connectivity index (χ3v) is 1.27.